The molecule has 9 heteroatoms. The summed E-state index contributed by atoms with van der Waals surface area (Å²) in [5.41, 5.74) is 0.635. The Bertz CT molecular complexity index is 821. The summed E-state index contributed by atoms with van der Waals surface area (Å²) in [7, 11) is 1.56. The van der Waals surface area contributed by atoms with Crippen LogP contribution in [0.25, 0.3) is 0 Å². The number of aryl methyl sites for hydroxylation is 1. The van der Waals surface area contributed by atoms with Gasteiger partial charge >= 0.3 is 0 Å². The molecule has 0 saturated carbocycles. The van der Waals surface area contributed by atoms with E-state index in [0.717, 1.165) is 0 Å². The van der Waals surface area contributed by atoms with E-state index in [1.807, 2.05) is 9.80 Å². The summed E-state index contributed by atoms with van der Waals surface area (Å²) in [6, 6.07) is 2.05. The van der Waals surface area contributed by atoms with Gasteiger partial charge in [0.05, 0.1) is 11.9 Å². The third kappa shape index (κ3) is 2.83. The molecular weight excluding hydrogens is 318 g/mol. The number of anilines is 2. The lowest BCUT2D eigenvalue weighted by atomic mass is 10.2. The molecule has 3 rings (SSSR count). The zero-order valence-corrected chi connectivity index (χ0v) is 13.2. The van der Waals surface area contributed by atoms with Gasteiger partial charge in [-0.2, -0.15) is 10.4 Å². The van der Waals surface area contributed by atoms with E-state index in [-0.39, 0.29) is 10.6 Å². The first-order valence-electron chi connectivity index (χ1n) is 7.04. The molecule has 0 aliphatic carbocycles. The summed E-state index contributed by atoms with van der Waals surface area (Å²) >= 11 is 6.14. The Hall–Kier alpha value is -2.66. The summed E-state index contributed by atoms with van der Waals surface area (Å²) in [5, 5.41) is 13.3. The molecule has 118 valence electrons. The molecule has 0 spiro atoms. The first-order valence-corrected chi connectivity index (χ1v) is 7.42. The number of aromatic nitrogens is 4. The molecule has 2 aromatic heterocycles. The molecule has 0 atom stereocenters. The number of nitriles is 1. The molecule has 8 nitrogen and oxygen atoms in total. The second-order valence-corrected chi connectivity index (χ2v) is 5.46. The fraction of sp³-hybridized carbons (Fsp3) is 0.357. The lowest BCUT2D eigenvalue weighted by Gasteiger charge is -2.36. The van der Waals surface area contributed by atoms with Crippen LogP contribution in [0, 0.1) is 11.3 Å². The van der Waals surface area contributed by atoms with Gasteiger partial charge in [-0.1, -0.05) is 11.6 Å². The van der Waals surface area contributed by atoms with Gasteiger partial charge < -0.3 is 9.80 Å². The van der Waals surface area contributed by atoms with Crippen molar-refractivity contribution in [2.45, 2.75) is 0 Å². The minimum atomic E-state index is -0.313. The highest BCUT2D eigenvalue weighted by Gasteiger charge is 2.23. The number of hydrogen-bond acceptors (Lipinski definition) is 7. The summed E-state index contributed by atoms with van der Waals surface area (Å²) in [4.78, 5) is 24.2. The highest BCUT2D eigenvalue weighted by Crippen LogP contribution is 2.24. The SMILES string of the molecule is Cn1ncc(N2CCN(c3nccnc3C#N)CC2)c(Cl)c1=O. The average molecular weight is 332 g/mol. The average Bonchev–Trinajstić information content (AvgIpc) is 2.60. The van der Waals surface area contributed by atoms with Gasteiger partial charge in [0, 0.05) is 45.6 Å². The molecule has 2 aromatic rings. The Balaban J connectivity index is 1.78. The van der Waals surface area contributed by atoms with Crippen LogP contribution in [0.5, 0.6) is 0 Å². The molecule has 0 aromatic carbocycles. The van der Waals surface area contributed by atoms with Crippen molar-refractivity contribution in [3.05, 3.63) is 39.7 Å². The van der Waals surface area contributed by atoms with E-state index >= 15 is 0 Å². The third-order valence-corrected chi connectivity index (χ3v) is 4.12. The van der Waals surface area contributed by atoms with E-state index in [9.17, 15) is 4.79 Å². The zero-order chi connectivity index (χ0) is 16.4. The van der Waals surface area contributed by atoms with Gasteiger partial charge in [-0.05, 0) is 0 Å². The van der Waals surface area contributed by atoms with E-state index in [1.165, 1.54) is 10.9 Å². The monoisotopic (exact) mass is 331 g/mol. The Morgan fingerprint density at radius 1 is 1.17 bits per heavy atom. The molecule has 1 saturated heterocycles. The lowest BCUT2D eigenvalue weighted by molar-refractivity contribution is 0.637. The highest BCUT2D eigenvalue weighted by molar-refractivity contribution is 6.33. The smallest absolute Gasteiger partial charge is 0.287 e. The fourth-order valence-corrected chi connectivity index (χ4v) is 2.81. The van der Waals surface area contributed by atoms with Gasteiger partial charge in [-0.25, -0.2) is 14.6 Å². The van der Waals surface area contributed by atoms with Gasteiger partial charge in [0.1, 0.15) is 11.1 Å². The van der Waals surface area contributed by atoms with E-state index in [0.29, 0.717) is 43.4 Å². The molecule has 0 bridgehead atoms. The minimum Gasteiger partial charge on any atom is -0.365 e. The van der Waals surface area contributed by atoms with Gasteiger partial charge in [-0.15, -0.1) is 0 Å². The van der Waals surface area contributed by atoms with Crippen molar-refractivity contribution in [1.82, 2.24) is 19.7 Å². The van der Waals surface area contributed by atoms with Crippen LogP contribution in [-0.4, -0.2) is 45.9 Å². The number of halogens is 1. The number of rotatable bonds is 2. The van der Waals surface area contributed by atoms with Crippen molar-refractivity contribution in [3.8, 4) is 6.07 Å². The molecule has 0 amide bonds. The van der Waals surface area contributed by atoms with Crippen LogP contribution in [0.2, 0.25) is 5.02 Å². The van der Waals surface area contributed by atoms with Crippen LogP contribution >= 0.6 is 11.6 Å². The summed E-state index contributed by atoms with van der Waals surface area (Å²) in [6.45, 7) is 2.60. The summed E-state index contributed by atoms with van der Waals surface area (Å²) in [5.74, 6) is 0.586. The minimum absolute atomic E-state index is 0.174. The van der Waals surface area contributed by atoms with Crippen molar-refractivity contribution >= 4 is 23.1 Å². The topological polar surface area (TPSA) is 90.9 Å². The van der Waals surface area contributed by atoms with Crippen molar-refractivity contribution < 1.29 is 0 Å². The number of hydrogen-bond donors (Lipinski definition) is 0. The van der Waals surface area contributed by atoms with Crippen LogP contribution in [0.15, 0.2) is 23.4 Å². The molecule has 1 fully saturated rings. The number of piperazine rings is 1. The van der Waals surface area contributed by atoms with Gasteiger partial charge in [0.2, 0.25) is 0 Å². The first-order chi connectivity index (χ1) is 11.1. The quantitative estimate of drug-likeness (QED) is 0.787. The highest BCUT2D eigenvalue weighted by atomic mass is 35.5. The normalized spacial score (nSPS) is 14.7. The maximum atomic E-state index is 11.9. The summed E-state index contributed by atoms with van der Waals surface area (Å²) < 4.78 is 1.21. The van der Waals surface area contributed by atoms with Crippen LogP contribution in [0.1, 0.15) is 5.69 Å². The van der Waals surface area contributed by atoms with Gasteiger partial charge in [0.25, 0.3) is 5.56 Å². The first kappa shape index (κ1) is 15.2. The molecule has 0 N–H and O–H groups in total. The lowest BCUT2D eigenvalue weighted by Crippen LogP contribution is -2.47. The van der Waals surface area contributed by atoms with Crippen molar-refractivity contribution in [2.24, 2.45) is 7.05 Å². The molecular formula is C14H14ClN7O. The predicted molar refractivity (Wildman–Crippen MR) is 85.7 cm³/mol. The maximum Gasteiger partial charge on any atom is 0.287 e. The van der Waals surface area contributed by atoms with Gasteiger partial charge in [-0.3, -0.25) is 4.79 Å². The van der Waals surface area contributed by atoms with E-state index in [1.54, 1.807) is 19.4 Å². The Morgan fingerprint density at radius 3 is 2.52 bits per heavy atom. The Kier molecular flexibility index (Phi) is 4.12. The third-order valence-electron chi connectivity index (χ3n) is 3.76. The Morgan fingerprint density at radius 2 is 1.83 bits per heavy atom. The van der Waals surface area contributed by atoms with Gasteiger partial charge in [0.15, 0.2) is 11.5 Å². The molecule has 0 unspecified atom stereocenters. The molecule has 1 aliphatic heterocycles. The van der Waals surface area contributed by atoms with E-state index in [4.69, 9.17) is 16.9 Å². The zero-order valence-electron chi connectivity index (χ0n) is 12.5. The molecule has 0 radical (unpaired) electrons. The molecule has 1 aliphatic rings. The summed E-state index contributed by atoms with van der Waals surface area (Å²) in [6.07, 6.45) is 4.68. The second kappa shape index (κ2) is 6.22. The van der Waals surface area contributed by atoms with Crippen molar-refractivity contribution in [1.29, 1.82) is 5.26 Å². The van der Waals surface area contributed by atoms with Crippen LogP contribution in [0.3, 0.4) is 0 Å². The van der Waals surface area contributed by atoms with Crippen LogP contribution < -0.4 is 15.4 Å². The number of nitrogens with zero attached hydrogens (tertiary/aromatic N) is 7. The van der Waals surface area contributed by atoms with Crippen LogP contribution in [0.4, 0.5) is 11.5 Å². The largest absolute Gasteiger partial charge is 0.365 e. The van der Waals surface area contributed by atoms with E-state index < -0.39 is 0 Å². The Labute approximate surface area is 137 Å². The van der Waals surface area contributed by atoms with E-state index in [2.05, 4.69) is 21.1 Å². The standard InChI is InChI=1S/C14H14ClN7O/c1-20-14(23)12(15)11(9-19-20)21-4-6-22(7-5-21)13-10(8-16)17-2-3-18-13/h2-3,9H,4-7H2,1H3. The molecule has 3 heterocycles. The molecule has 23 heavy (non-hydrogen) atoms. The van der Waals surface area contributed by atoms with Crippen LogP contribution in [-0.2, 0) is 7.05 Å². The predicted octanol–water partition coefficient (Wildman–Crippen LogP) is 0.422. The maximum absolute atomic E-state index is 11.9. The van der Waals surface area contributed by atoms with Crippen molar-refractivity contribution in [3.63, 3.8) is 0 Å². The fourth-order valence-electron chi connectivity index (χ4n) is 2.52. The second-order valence-electron chi connectivity index (χ2n) is 5.09. The van der Waals surface area contributed by atoms with Crippen molar-refractivity contribution in [2.75, 3.05) is 36.0 Å².